The Kier molecular flexibility index (Phi) is 65.5. The molecule has 19 heteroatoms. The van der Waals surface area contributed by atoms with Gasteiger partial charge in [0.05, 0.1) is 26.4 Å². The van der Waals surface area contributed by atoms with Crippen molar-refractivity contribution in [2.45, 2.75) is 407 Å². The Hall–Kier alpha value is -1.94. The summed E-state index contributed by atoms with van der Waals surface area (Å²) in [5.41, 5.74) is 0. The maximum atomic E-state index is 13.1. The van der Waals surface area contributed by atoms with E-state index in [-0.39, 0.29) is 25.7 Å². The molecule has 0 amide bonds. The summed E-state index contributed by atoms with van der Waals surface area (Å²) in [7, 11) is -9.90. The molecule has 0 saturated heterocycles. The zero-order valence-electron chi connectivity index (χ0n) is 61.3. The average molecular weight is 1380 g/mol. The number of ether oxygens (including phenoxy) is 4. The molecule has 0 aliphatic heterocycles. The second-order valence-corrected chi connectivity index (χ2v) is 30.7. The fraction of sp³-hybridized carbons (Fsp3) is 0.947. The van der Waals surface area contributed by atoms with E-state index in [1.54, 1.807) is 0 Å². The quantitative estimate of drug-likeness (QED) is 0.0222. The van der Waals surface area contributed by atoms with E-state index < -0.39 is 97.5 Å². The Balaban J connectivity index is 5.18. The van der Waals surface area contributed by atoms with Crippen LogP contribution in [0.15, 0.2) is 0 Å². The Morgan fingerprint density at radius 3 is 0.809 bits per heavy atom. The largest absolute Gasteiger partial charge is 0.472 e. The van der Waals surface area contributed by atoms with Gasteiger partial charge in [-0.25, -0.2) is 9.13 Å². The van der Waals surface area contributed by atoms with E-state index in [1.165, 1.54) is 199 Å². The number of phosphoric ester groups is 2. The lowest BCUT2D eigenvalue weighted by molar-refractivity contribution is -0.161. The summed E-state index contributed by atoms with van der Waals surface area (Å²) in [5.74, 6) is -0.490. The minimum atomic E-state index is -4.96. The van der Waals surface area contributed by atoms with E-state index in [0.717, 1.165) is 108 Å². The summed E-state index contributed by atoms with van der Waals surface area (Å²) in [6, 6.07) is 0. The number of phosphoric acid groups is 2. The first kappa shape index (κ1) is 92.1. The van der Waals surface area contributed by atoms with Gasteiger partial charge >= 0.3 is 39.5 Å². The number of hydrogen-bond acceptors (Lipinski definition) is 15. The Labute approximate surface area is 575 Å². The molecule has 0 bridgehead atoms. The number of aliphatic hydroxyl groups excluding tert-OH is 1. The maximum absolute atomic E-state index is 13.1. The van der Waals surface area contributed by atoms with Crippen LogP contribution in [0.1, 0.15) is 388 Å². The van der Waals surface area contributed by atoms with Gasteiger partial charge < -0.3 is 33.8 Å². The summed E-state index contributed by atoms with van der Waals surface area (Å²) < 4.78 is 68.4. The van der Waals surface area contributed by atoms with Gasteiger partial charge in [0.15, 0.2) is 12.2 Å². The highest BCUT2D eigenvalue weighted by Crippen LogP contribution is 2.45. The second kappa shape index (κ2) is 66.9. The van der Waals surface area contributed by atoms with Crippen LogP contribution in [0.2, 0.25) is 0 Å². The molecule has 0 radical (unpaired) electrons. The van der Waals surface area contributed by atoms with E-state index in [0.29, 0.717) is 25.7 Å². The lowest BCUT2D eigenvalue weighted by atomic mass is 9.99. The van der Waals surface area contributed by atoms with Gasteiger partial charge in [-0.1, -0.05) is 337 Å². The third kappa shape index (κ3) is 67.3. The number of carbonyl (C=O) groups excluding carboxylic acids is 4. The Bertz CT molecular complexity index is 1820. The van der Waals surface area contributed by atoms with Gasteiger partial charge in [0.2, 0.25) is 0 Å². The van der Waals surface area contributed by atoms with Crippen molar-refractivity contribution in [2.75, 3.05) is 39.6 Å². The number of esters is 4. The van der Waals surface area contributed by atoms with Gasteiger partial charge in [0, 0.05) is 25.7 Å². The predicted molar refractivity (Wildman–Crippen MR) is 381 cm³/mol. The fourth-order valence-corrected chi connectivity index (χ4v) is 13.0. The summed E-state index contributed by atoms with van der Waals surface area (Å²) in [6.07, 6.45) is 54.1. The van der Waals surface area contributed by atoms with Crippen LogP contribution >= 0.6 is 15.6 Å². The van der Waals surface area contributed by atoms with E-state index in [9.17, 15) is 43.2 Å². The number of unbranched alkanes of at least 4 members (excludes halogenated alkanes) is 43. The minimum absolute atomic E-state index is 0.107. The molecule has 0 rings (SSSR count). The van der Waals surface area contributed by atoms with Crippen LogP contribution in [0.3, 0.4) is 0 Å². The molecule has 3 N–H and O–H groups in total. The third-order valence-corrected chi connectivity index (χ3v) is 19.7. The van der Waals surface area contributed by atoms with Gasteiger partial charge in [-0.15, -0.1) is 0 Å². The lowest BCUT2D eigenvalue weighted by Gasteiger charge is -2.21. The summed E-state index contributed by atoms with van der Waals surface area (Å²) >= 11 is 0. The van der Waals surface area contributed by atoms with Crippen molar-refractivity contribution in [1.29, 1.82) is 0 Å². The summed E-state index contributed by atoms with van der Waals surface area (Å²) in [5, 5.41) is 10.6. The van der Waals surface area contributed by atoms with Crippen molar-refractivity contribution in [3.8, 4) is 0 Å². The summed E-state index contributed by atoms with van der Waals surface area (Å²) in [6.45, 7) is 9.62. The zero-order valence-corrected chi connectivity index (χ0v) is 63.1. The highest BCUT2D eigenvalue weighted by atomic mass is 31.2. The van der Waals surface area contributed by atoms with E-state index in [1.807, 2.05) is 0 Å². The third-order valence-electron chi connectivity index (χ3n) is 17.8. The van der Waals surface area contributed by atoms with Gasteiger partial charge in [-0.2, -0.15) is 0 Å². The van der Waals surface area contributed by atoms with Crippen molar-refractivity contribution in [2.24, 2.45) is 11.8 Å². The molecule has 0 aliphatic carbocycles. The van der Waals surface area contributed by atoms with E-state index in [4.69, 9.17) is 37.0 Å². The molecule has 0 aliphatic rings. The van der Waals surface area contributed by atoms with Crippen LogP contribution in [0.5, 0.6) is 0 Å². The highest BCUT2D eigenvalue weighted by Gasteiger charge is 2.30. The molecule has 17 nitrogen and oxygen atoms in total. The van der Waals surface area contributed by atoms with Crippen LogP contribution in [-0.2, 0) is 65.4 Å². The molecule has 0 fully saturated rings. The number of carbonyl (C=O) groups is 4. The molecular formula is C75H146O17P2. The van der Waals surface area contributed by atoms with Gasteiger partial charge in [-0.05, 0) is 37.5 Å². The molecule has 558 valence electrons. The molecule has 3 unspecified atom stereocenters. The van der Waals surface area contributed by atoms with Crippen LogP contribution in [-0.4, -0.2) is 96.7 Å². The summed E-state index contributed by atoms with van der Waals surface area (Å²) in [4.78, 5) is 72.6. The van der Waals surface area contributed by atoms with E-state index >= 15 is 0 Å². The topological polar surface area (TPSA) is 237 Å². The van der Waals surface area contributed by atoms with Crippen LogP contribution < -0.4 is 0 Å². The number of aliphatic hydroxyl groups is 1. The molecule has 0 heterocycles. The van der Waals surface area contributed by atoms with Crippen LogP contribution in [0.4, 0.5) is 0 Å². The second-order valence-electron chi connectivity index (χ2n) is 27.8. The van der Waals surface area contributed by atoms with E-state index in [2.05, 4.69) is 41.5 Å². The monoisotopic (exact) mass is 1380 g/mol. The molecular weight excluding hydrogens is 1230 g/mol. The molecule has 94 heavy (non-hydrogen) atoms. The highest BCUT2D eigenvalue weighted by molar-refractivity contribution is 7.47. The molecule has 0 saturated carbocycles. The van der Waals surface area contributed by atoms with Gasteiger partial charge in [-0.3, -0.25) is 37.3 Å². The molecule has 0 aromatic rings. The van der Waals surface area contributed by atoms with Crippen molar-refractivity contribution in [3.63, 3.8) is 0 Å². The molecule has 0 spiro atoms. The SMILES string of the molecule is CCCCCCCCCCCCCC(=O)O[C@H](COC(=O)CCCCCCCCCC)COP(=O)(O)OC[C@H](O)COP(=O)(O)OC[C@@H](COC(=O)CCCCCCCCCCCCC(C)CC)OC(=O)CCCCCCCCCCCCCCCCCCCCC(C)C. The molecule has 0 aromatic carbocycles. The van der Waals surface area contributed by atoms with Crippen LogP contribution in [0, 0.1) is 11.8 Å². The Morgan fingerprint density at radius 2 is 0.543 bits per heavy atom. The van der Waals surface area contributed by atoms with Gasteiger partial charge in [0.1, 0.15) is 19.3 Å². The molecule has 0 aromatic heterocycles. The number of hydrogen-bond donors (Lipinski definition) is 3. The first-order valence-electron chi connectivity index (χ1n) is 39.0. The van der Waals surface area contributed by atoms with Crippen molar-refractivity contribution >= 4 is 39.5 Å². The molecule has 6 atom stereocenters. The minimum Gasteiger partial charge on any atom is -0.462 e. The zero-order chi connectivity index (χ0) is 69.3. The Morgan fingerprint density at radius 1 is 0.309 bits per heavy atom. The van der Waals surface area contributed by atoms with Crippen molar-refractivity contribution < 1.29 is 80.2 Å². The lowest BCUT2D eigenvalue weighted by Crippen LogP contribution is -2.30. The standard InChI is InChI=1S/C75H146O17P2/c1-7-10-12-14-16-18-27-35-41-47-53-59-74(79)91-70(63-85-72(77)57-51-45-39-17-15-13-11-8-2)65-89-93(81,82)87-61-69(76)62-88-94(83,84)90-66-71(64-86-73(78)58-52-46-40-34-31-30-33-38-44-50-56-68(6)9-3)92-75(80)60-54-48-42-36-29-26-24-22-20-19-21-23-25-28-32-37-43-49-55-67(4)5/h67-71,76H,7-66H2,1-6H3,(H,81,82)(H,83,84)/t68?,69-,70+,71+/m0/s1. The smallest absolute Gasteiger partial charge is 0.462 e. The predicted octanol–water partition coefficient (Wildman–Crippen LogP) is 21.9. The fourth-order valence-electron chi connectivity index (χ4n) is 11.4. The van der Waals surface area contributed by atoms with Crippen molar-refractivity contribution in [3.05, 3.63) is 0 Å². The maximum Gasteiger partial charge on any atom is 0.472 e. The van der Waals surface area contributed by atoms with Crippen molar-refractivity contribution in [1.82, 2.24) is 0 Å². The first-order valence-corrected chi connectivity index (χ1v) is 42.0. The number of rotatable bonds is 74. The normalized spacial score (nSPS) is 14.3. The van der Waals surface area contributed by atoms with Crippen LogP contribution in [0.25, 0.3) is 0 Å². The average Bonchev–Trinajstić information content (AvgIpc) is 1.73. The first-order chi connectivity index (χ1) is 45.4. The van der Waals surface area contributed by atoms with Gasteiger partial charge in [0.25, 0.3) is 0 Å².